The average molecular weight is 373 g/mol. The molecular formula is C20H23NO6. The van der Waals surface area contributed by atoms with Gasteiger partial charge in [0.2, 0.25) is 0 Å². The lowest BCUT2D eigenvalue weighted by atomic mass is 10.1. The molecule has 0 aliphatic heterocycles. The Morgan fingerprint density at radius 1 is 0.963 bits per heavy atom. The molecule has 0 aromatic heterocycles. The molecule has 0 heterocycles. The number of carbonyl (C=O) groups is 2. The minimum absolute atomic E-state index is 0.0347. The van der Waals surface area contributed by atoms with E-state index in [1.54, 1.807) is 7.11 Å². The number of ether oxygens (including phenoxy) is 2. The van der Waals surface area contributed by atoms with Gasteiger partial charge in [0.05, 0.1) is 13.2 Å². The first-order valence-corrected chi connectivity index (χ1v) is 8.35. The molecule has 0 amide bonds. The first-order chi connectivity index (χ1) is 12.8. The highest BCUT2D eigenvalue weighted by Gasteiger charge is 2.35. The Morgan fingerprint density at radius 2 is 1.52 bits per heavy atom. The molecule has 0 spiro atoms. The van der Waals surface area contributed by atoms with Crippen molar-refractivity contribution < 1.29 is 29.3 Å². The molecule has 0 unspecified atom stereocenters. The van der Waals surface area contributed by atoms with E-state index in [0.29, 0.717) is 6.04 Å². The van der Waals surface area contributed by atoms with Crippen LogP contribution in [0.3, 0.4) is 0 Å². The van der Waals surface area contributed by atoms with Gasteiger partial charge in [-0.15, -0.1) is 0 Å². The third-order valence-electron chi connectivity index (χ3n) is 4.31. The van der Waals surface area contributed by atoms with Crippen LogP contribution < -0.4 is 9.47 Å². The highest BCUT2D eigenvalue weighted by molar-refractivity contribution is 6.27. The highest BCUT2D eigenvalue weighted by Crippen LogP contribution is 2.39. The van der Waals surface area contributed by atoms with E-state index in [-0.39, 0.29) is 6.10 Å². The zero-order valence-electron chi connectivity index (χ0n) is 15.5. The van der Waals surface area contributed by atoms with Crippen molar-refractivity contribution in [3.8, 4) is 11.5 Å². The molecule has 2 N–H and O–H groups in total. The molecule has 0 saturated carbocycles. The molecule has 144 valence electrons. The van der Waals surface area contributed by atoms with Gasteiger partial charge in [0.25, 0.3) is 0 Å². The van der Waals surface area contributed by atoms with Crippen molar-refractivity contribution in [2.24, 2.45) is 0 Å². The summed E-state index contributed by atoms with van der Waals surface area (Å²) in [7, 11) is 5.89. The molecule has 3 rings (SSSR count). The summed E-state index contributed by atoms with van der Waals surface area (Å²) in [5.74, 6) is -2.07. The fourth-order valence-electron chi connectivity index (χ4n) is 2.99. The lowest BCUT2D eigenvalue weighted by Crippen LogP contribution is -2.34. The Hall–Kier alpha value is -3.06. The lowest BCUT2D eigenvalue weighted by Gasteiger charge is -2.27. The van der Waals surface area contributed by atoms with Gasteiger partial charge in [-0.2, -0.15) is 0 Å². The third kappa shape index (κ3) is 4.98. The van der Waals surface area contributed by atoms with E-state index in [9.17, 15) is 0 Å². The van der Waals surface area contributed by atoms with Crippen LogP contribution in [0.5, 0.6) is 11.5 Å². The van der Waals surface area contributed by atoms with Crippen molar-refractivity contribution in [1.29, 1.82) is 0 Å². The molecule has 0 radical (unpaired) electrons. The van der Waals surface area contributed by atoms with Crippen LogP contribution in [0.2, 0.25) is 0 Å². The molecule has 2 atom stereocenters. The van der Waals surface area contributed by atoms with Gasteiger partial charge >= 0.3 is 11.9 Å². The number of hydrogen-bond donors (Lipinski definition) is 2. The number of carboxylic acid groups (broad SMARTS) is 2. The summed E-state index contributed by atoms with van der Waals surface area (Å²) in [6, 6.07) is 16.7. The molecule has 1 aliphatic rings. The fraction of sp³-hybridized carbons (Fsp3) is 0.300. The largest absolute Gasteiger partial charge is 0.493 e. The number of methoxy groups -OCH3 is 1. The van der Waals surface area contributed by atoms with Crippen molar-refractivity contribution >= 4 is 11.9 Å². The maximum Gasteiger partial charge on any atom is 0.414 e. The first-order valence-electron chi connectivity index (χ1n) is 8.35. The third-order valence-corrected chi connectivity index (χ3v) is 4.31. The van der Waals surface area contributed by atoms with Gasteiger partial charge in [-0.3, -0.25) is 0 Å². The van der Waals surface area contributed by atoms with Crippen LogP contribution in [0.1, 0.15) is 17.2 Å². The van der Waals surface area contributed by atoms with Crippen LogP contribution >= 0.6 is 0 Å². The van der Waals surface area contributed by atoms with E-state index in [2.05, 4.69) is 43.3 Å². The Kier molecular flexibility index (Phi) is 6.79. The standard InChI is InChI=1S/C18H21NO2.C2H2O4/c1-19(2)15-12-13-8-4-5-9-14(13)18(15)21-17-11-7-6-10-16(17)20-3;3-1(4)2(5)6/h4-11,15,18H,12H2,1-3H3;(H,3,4)(H,5,6)/t15-,18-;/m1./s1. The normalized spacial score (nSPS) is 17.5. The Labute approximate surface area is 157 Å². The number of fused-ring (bicyclic) bond motifs is 1. The first kappa shape index (κ1) is 20.3. The van der Waals surface area contributed by atoms with E-state index < -0.39 is 11.9 Å². The fourth-order valence-corrected chi connectivity index (χ4v) is 2.99. The van der Waals surface area contributed by atoms with Crippen molar-refractivity contribution in [1.82, 2.24) is 4.90 Å². The predicted molar refractivity (Wildman–Crippen MR) is 99.3 cm³/mol. The number of rotatable bonds is 4. The van der Waals surface area contributed by atoms with Gasteiger partial charge in [0.1, 0.15) is 6.10 Å². The summed E-state index contributed by atoms with van der Waals surface area (Å²) in [5, 5.41) is 14.8. The second-order valence-corrected chi connectivity index (χ2v) is 6.23. The summed E-state index contributed by atoms with van der Waals surface area (Å²) in [5.41, 5.74) is 2.65. The number of benzene rings is 2. The van der Waals surface area contributed by atoms with Crippen LogP contribution in [0.4, 0.5) is 0 Å². The van der Waals surface area contributed by atoms with Crippen LogP contribution in [0, 0.1) is 0 Å². The zero-order valence-corrected chi connectivity index (χ0v) is 15.5. The van der Waals surface area contributed by atoms with Gasteiger partial charge in [0, 0.05) is 0 Å². The molecular weight excluding hydrogens is 350 g/mol. The molecule has 7 heteroatoms. The SMILES string of the molecule is COc1ccccc1O[C@@H]1c2ccccc2C[C@H]1N(C)C.O=C(O)C(=O)O. The minimum atomic E-state index is -1.82. The maximum atomic E-state index is 9.10. The van der Waals surface area contributed by atoms with Crippen molar-refractivity contribution in [2.45, 2.75) is 18.6 Å². The van der Waals surface area contributed by atoms with Crippen LogP contribution in [0.15, 0.2) is 48.5 Å². The molecule has 2 aromatic rings. The Morgan fingerprint density at radius 3 is 2.07 bits per heavy atom. The number of hydrogen-bond acceptors (Lipinski definition) is 5. The van der Waals surface area contributed by atoms with Crippen LogP contribution in [0.25, 0.3) is 0 Å². The molecule has 2 aromatic carbocycles. The van der Waals surface area contributed by atoms with E-state index in [0.717, 1.165) is 17.9 Å². The zero-order chi connectivity index (χ0) is 20.0. The summed E-state index contributed by atoms with van der Waals surface area (Å²) in [6.07, 6.45) is 1.05. The second-order valence-electron chi connectivity index (χ2n) is 6.23. The van der Waals surface area contributed by atoms with E-state index in [1.165, 1.54) is 11.1 Å². The Balaban J connectivity index is 0.000000380. The van der Waals surface area contributed by atoms with E-state index in [1.807, 2.05) is 24.3 Å². The van der Waals surface area contributed by atoms with Crippen molar-refractivity contribution in [3.63, 3.8) is 0 Å². The van der Waals surface area contributed by atoms with Gasteiger partial charge < -0.3 is 24.6 Å². The molecule has 27 heavy (non-hydrogen) atoms. The number of carboxylic acids is 2. The summed E-state index contributed by atoms with van der Waals surface area (Å²) < 4.78 is 11.7. The molecule has 7 nitrogen and oxygen atoms in total. The summed E-state index contributed by atoms with van der Waals surface area (Å²) >= 11 is 0. The summed E-state index contributed by atoms with van der Waals surface area (Å²) in [4.78, 5) is 20.4. The molecule has 0 bridgehead atoms. The maximum absolute atomic E-state index is 9.10. The molecule has 0 fully saturated rings. The topological polar surface area (TPSA) is 96.3 Å². The average Bonchev–Trinajstić information content (AvgIpc) is 3.01. The smallest absolute Gasteiger partial charge is 0.414 e. The number of aliphatic carboxylic acids is 2. The van der Waals surface area contributed by atoms with Gasteiger partial charge in [-0.05, 0) is 43.8 Å². The van der Waals surface area contributed by atoms with Crippen LogP contribution in [-0.4, -0.2) is 54.3 Å². The van der Waals surface area contributed by atoms with Gasteiger partial charge in [0.15, 0.2) is 11.5 Å². The van der Waals surface area contributed by atoms with Crippen molar-refractivity contribution in [3.05, 3.63) is 59.7 Å². The van der Waals surface area contributed by atoms with Crippen molar-refractivity contribution in [2.75, 3.05) is 21.2 Å². The predicted octanol–water partition coefficient (Wildman–Crippen LogP) is 2.46. The monoisotopic (exact) mass is 373 g/mol. The highest BCUT2D eigenvalue weighted by atomic mass is 16.5. The Bertz CT molecular complexity index is 793. The number of nitrogens with zero attached hydrogens (tertiary/aromatic N) is 1. The number of para-hydroxylation sites is 2. The van der Waals surface area contributed by atoms with E-state index >= 15 is 0 Å². The summed E-state index contributed by atoms with van der Waals surface area (Å²) in [6.45, 7) is 0. The minimum Gasteiger partial charge on any atom is -0.493 e. The van der Waals surface area contributed by atoms with Gasteiger partial charge in [-0.25, -0.2) is 9.59 Å². The molecule has 1 aliphatic carbocycles. The molecule has 0 saturated heterocycles. The van der Waals surface area contributed by atoms with Gasteiger partial charge in [-0.1, -0.05) is 36.4 Å². The second kappa shape index (κ2) is 9.05. The van der Waals surface area contributed by atoms with E-state index in [4.69, 9.17) is 29.3 Å². The number of likely N-dealkylation sites (N-methyl/N-ethyl adjacent to an activating group) is 1. The van der Waals surface area contributed by atoms with Crippen LogP contribution in [-0.2, 0) is 16.0 Å². The lowest BCUT2D eigenvalue weighted by molar-refractivity contribution is -0.159. The quantitative estimate of drug-likeness (QED) is 0.795.